The number of rotatable bonds is 8. The Bertz CT molecular complexity index is 1250. The standard InChI is InChI=1S/C29H30N2O4/c1-4-5-15-35-24-13-12-23(16-20(24)3)27(32)25-26(22-10-8-19(2)9-11-22)31(29(34)28(25)33)18-21-7-6-14-30-17-21/h6-14,16-17,26,32H,4-5,15,18H2,1-3H3/b27-25+/t26-/m1/s1. The van der Waals surface area contributed by atoms with Crippen LogP contribution in [0.3, 0.4) is 0 Å². The smallest absolute Gasteiger partial charge is 0.295 e. The van der Waals surface area contributed by atoms with Crippen LogP contribution >= 0.6 is 0 Å². The highest BCUT2D eigenvalue weighted by Gasteiger charge is 2.46. The normalized spacial score (nSPS) is 17.1. The minimum absolute atomic E-state index is 0.0850. The van der Waals surface area contributed by atoms with Crippen molar-refractivity contribution in [2.75, 3.05) is 6.61 Å². The Hall–Kier alpha value is -3.93. The van der Waals surface area contributed by atoms with Gasteiger partial charge in [0.15, 0.2) is 0 Å². The second-order valence-corrected chi connectivity index (χ2v) is 8.88. The predicted molar refractivity (Wildman–Crippen MR) is 135 cm³/mol. The second-order valence-electron chi connectivity index (χ2n) is 8.88. The fraction of sp³-hybridized carbons (Fsp3) is 0.276. The van der Waals surface area contributed by atoms with Crippen molar-refractivity contribution in [2.45, 2.75) is 46.2 Å². The summed E-state index contributed by atoms with van der Waals surface area (Å²) in [7, 11) is 0. The molecule has 0 unspecified atom stereocenters. The summed E-state index contributed by atoms with van der Waals surface area (Å²) in [6, 6.07) is 15.9. The summed E-state index contributed by atoms with van der Waals surface area (Å²) in [5.41, 5.74) is 4.03. The molecule has 6 nitrogen and oxygen atoms in total. The van der Waals surface area contributed by atoms with Crippen LogP contribution in [0.5, 0.6) is 5.75 Å². The van der Waals surface area contributed by atoms with E-state index >= 15 is 0 Å². The molecule has 0 saturated carbocycles. The first-order chi connectivity index (χ1) is 16.9. The number of amides is 1. The Labute approximate surface area is 205 Å². The number of aromatic nitrogens is 1. The number of benzene rings is 2. The zero-order valence-corrected chi connectivity index (χ0v) is 20.3. The fourth-order valence-corrected chi connectivity index (χ4v) is 4.27. The second kappa shape index (κ2) is 10.6. The maximum Gasteiger partial charge on any atom is 0.295 e. The van der Waals surface area contributed by atoms with Gasteiger partial charge in [0.25, 0.3) is 11.7 Å². The third-order valence-corrected chi connectivity index (χ3v) is 6.21. The van der Waals surface area contributed by atoms with Gasteiger partial charge in [-0.1, -0.05) is 49.2 Å². The summed E-state index contributed by atoms with van der Waals surface area (Å²) >= 11 is 0. The van der Waals surface area contributed by atoms with E-state index in [0.717, 1.165) is 40.8 Å². The molecule has 2 heterocycles. The summed E-state index contributed by atoms with van der Waals surface area (Å²) in [6.45, 7) is 6.80. The van der Waals surface area contributed by atoms with E-state index in [1.165, 1.54) is 4.90 Å². The van der Waals surface area contributed by atoms with Gasteiger partial charge in [-0.2, -0.15) is 0 Å². The van der Waals surface area contributed by atoms with E-state index < -0.39 is 17.7 Å². The van der Waals surface area contributed by atoms with Crippen LogP contribution < -0.4 is 4.74 Å². The summed E-state index contributed by atoms with van der Waals surface area (Å²) in [6.07, 6.45) is 5.33. The van der Waals surface area contributed by atoms with Gasteiger partial charge < -0.3 is 14.7 Å². The molecule has 0 aliphatic carbocycles. The van der Waals surface area contributed by atoms with Crippen molar-refractivity contribution in [3.05, 3.63) is 100 Å². The van der Waals surface area contributed by atoms with Crippen molar-refractivity contribution in [3.63, 3.8) is 0 Å². The molecule has 1 N–H and O–H groups in total. The highest BCUT2D eigenvalue weighted by Crippen LogP contribution is 2.40. The molecule has 1 aliphatic rings. The number of unbranched alkanes of at least 4 members (excludes halogenated alkanes) is 1. The number of ether oxygens (including phenoxy) is 1. The fourth-order valence-electron chi connectivity index (χ4n) is 4.27. The molecular formula is C29H30N2O4. The maximum atomic E-state index is 13.2. The zero-order chi connectivity index (χ0) is 24.9. The topological polar surface area (TPSA) is 79.7 Å². The molecule has 1 aliphatic heterocycles. The Morgan fingerprint density at radius 3 is 2.51 bits per heavy atom. The van der Waals surface area contributed by atoms with Crippen molar-refractivity contribution in [3.8, 4) is 5.75 Å². The zero-order valence-electron chi connectivity index (χ0n) is 20.3. The number of likely N-dealkylation sites (tertiary alicyclic amines) is 1. The molecule has 1 aromatic heterocycles. The SMILES string of the molecule is CCCCOc1ccc(/C(O)=C2\C(=O)C(=O)N(Cc3cccnc3)[C@@H]2c2ccc(C)cc2)cc1C. The van der Waals surface area contributed by atoms with Gasteiger partial charge >= 0.3 is 0 Å². The van der Waals surface area contributed by atoms with Gasteiger partial charge in [-0.25, -0.2) is 0 Å². The summed E-state index contributed by atoms with van der Waals surface area (Å²) < 4.78 is 5.83. The maximum absolute atomic E-state index is 13.2. The van der Waals surface area contributed by atoms with Gasteiger partial charge in [0.1, 0.15) is 11.5 Å². The Balaban J connectivity index is 1.77. The van der Waals surface area contributed by atoms with Crippen molar-refractivity contribution < 1.29 is 19.4 Å². The number of nitrogens with zero attached hydrogens (tertiary/aromatic N) is 2. The number of carbonyl (C=O) groups excluding carboxylic acids is 2. The first-order valence-corrected chi connectivity index (χ1v) is 11.9. The lowest BCUT2D eigenvalue weighted by atomic mass is 9.94. The van der Waals surface area contributed by atoms with Crippen molar-refractivity contribution in [2.24, 2.45) is 0 Å². The van der Waals surface area contributed by atoms with Crippen LogP contribution in [0, 0.1) is 13.8 Å². The van der Waals surface area contributed by atoms with Crippen LogP contribution in [0.4, 0.5) is 0 Å². The molecule has 1 fully saturated rings. The van der Waals surface area contributed by atoms with Crippen molar-refractivity contribution in [1.82, 2.24) is 9.88 Å². The van der Waals surface area contributed by atoms with Gasteiger partial charge in [0.05, 0.1) is 18.2 Å². The predicted octanol–water partition coefficient (Wildman–Crippen LogP) is 5.50. The van der Waals surface area contributed by atoms with Crippen LogP contribution in [0.25, 0.3) is 5.76 Å². The van der Waals surface area contributed by atoms with Crippen LogP contribution in [0.15, 0.2) is 72.6 Å². The van der Waals surface area contributed by atoms with Gasteiger partial charge in [0.2, 0.25) is 0 Å². The molecule has 1 atom stereocenters. The third-order valence-electron chi connectivity index (χ3n) is 6.21. The number of ketones is 1. The quantitative estimate of drug-likeness (QED) is 0.204. The monoisotopic (exact) mass is 470 g/mol. The average Bonchev–Trinajstić information content (AvgIpc) is 3.10. The van der Waals surface area contributed by atoms with Crippen LogP contribution in [-0.4, -0.2) is 33.3 Å². The number of pyridine rings is 1. The van der Waals surface area contributed by atoms with Crippen molar-refractivity contribution in [1.29, 1.82) is 0 Å². The van der Waals surface area contributed by atoms with E-state index in [1.807, 2.05) is 44.2 Å². The summed E-state index contributed by atoms with van der Waals surface area (Å²) in [5, 5.41) is 11.3. The summed E-state index contributed by atoms with van der Waals surface area (Å²) in [4.78, 5) is 32.0. The molecule has 0 radical (unpaired) electrons. The van der Waals surface area contributed by atoms with E-state index in [1.54, 1.807) is 36.7 Å². The molecule has 0 bridgehead atoms. The molecule has 180 valence electrons. The minimum Gasteiger partial charge on any atom is -0.507 e. The minimum atomic E-state index is -0.711. The van der Waals surface area contributed by atoms with E-state index in [-0.39, 0.29) is 17.9 Å². The van der Waals surface area contributed by atoms with Crippen LogP contribution in [-0.2, 0) is 16.1 Å². The van der Waals surface area contributed by atoms with Gasteiger partial charge in [0, 0.05) is 24.5 Å². The van der Waals surface area contributed by atoms with E-state index in [9.17, 15) is 14.7 Å². The summed E-state index contributed by atoms with van der Waals surface area (Å²) in [5.74, 6) is -0.789. The number of carbonyl (C=O) groups is 2. The molecule has 35 heavy (non-hydrogen) atoms. The molecule has 2 aromatic carbocycles. The highest BCUT2D eigenvalue weighted by molar-refractivity contribution is 6.46. The molecule has 1 amide bonds. The number of aryl methyl sites for hydroxylation is 2. The largest absolute Gasteiger partial charge is 0.507 e. The molecule has 6 heteroatoms. The molecule has 4 rings (SSSR count). The van der Waals surface area contributed by atoms with Gasteiger partial charge in [-0.3, -0.25) is 14.6 Å². The lowest BCUT2D eigenvalue weighted by Crippen LogP contribution is -2.29. The highest BCUT2D eigenvalue weighted by atomic mass is 16.5. The number of hydrogen-bond donors (Lipinski definition) is 1. The number of aliphatic hydroxyl groups excluding tert-OH is 1. The van der Waals surface area contributed by atoms with Crippen LogP contribution in [0.1, 0.15) is 53.6 Å². The number of aliphatic hydroxyl groups is 1. The van der Waals surface area contributed by atoms with E-state index in [0.29, 0.717) is 12.2 Å². The molecule has 0 spiro atoms. The molecular weight excluding hydrogens is 440 g/mol. The van der Waals surface area contributed by atoms with E-state index in [4.69, 9.17) is 4.74 Å². The molecule has 3 aromatic rings. The average molecular weight is 471 g/mol. The lowest BCUT2D eigenvalue weighted by molar-refractivity contribution is -0.140. The Kier molecular flexibility index (Phi) is 7.30. The first-order valence-electron chi connectivity index (χ1n) is 11.9. The Morgan fingerprint density at radius 2 is 1.86 bits per heavy atom. The Morgan fingerprint density at radius 1 is 1.09 bits per heavy atom. The number of hydrogen-bond acceptors (Lipinski definition) is 5. The third kappa shape index (κ3) is 5.11. The number of Topliss-reactive ketones (excluding diaryl/α,β-unsaturated/α-hetero) is 1. The van der Waals surface area contributed by atoms with Gasteiger partial charge in [-0.15, -0.1) is 0 Å². The van der Waals surface area contributed by atoms with E-state index in [2.05, 4.69) is 11.9 Å². The molecule has 1 saturated heterocycles. The lowest BCUT2D eigenvalue weighted by Gasteiger charge is -2.25. The van der Waals surface area contributed by atoms with Gasteiger partial charge in [-0.05, 0) is 61.2 Å². The first kappa shape index (κ1) is 24.2. The van der Waals surface area contributed by atoms with Crippen molar-refractivity contribution >= 4 is 17.4 Å². The van der Waals surface area contributed by atoms with Crippen LogP contribution in [0.2, 0.25) is 0 Å².